The fourth-order valence-corrected chi connectivity index (χ4v) is 3.16. The van der Waals surface area contributed by atoms with Crippen LogP contribution in [0.15, 0.2) is 45.6 Å². The molecule has 0 spiro atoms. The summed E-state index contributed by atoms with van der Waals surface area (Å²) in [5, 5.41) is 4.77. The minimum atomic E-state index is -0.425. The number of nitrogens with one attached hydrogen (secondary N) is 1. The number of amides is 1. The molecule has 0 bridgehead atoms. The van der Waals surface area contributed by atoms with Gasteiger partial charge in [0.2, 0.25) is 5.91 Å². The molecule has 2 aromatic carbocycles. The van der Waals surface area contributed by atoms with E-state index < -0.39 is 5.63 Å². The molecule has 4 rings (SSSR count). The first-order valence-electron chi connectivity index (χ1n) is 8.51. The van der Waals surface area contributed by atoms with Gasteiger partial charge in [-0.2, -0.15) is 0 Å². The molecule has 128 valence electrons. The van der Waals surface area contributed by atoms with Gasteiger partial charge in [0.1, 0.15) is 11.3 Å². The van der Waals surface area contributed by atoms with E-state index in [0.29, 0.717) is 29.2 Å². The lowest BCUT2D eigenvalue weighted by atomic mass is 9.86. The molecule has 5 nitrogen and oxygen atoms in total. The molecule has 0 unspecified atom stereocenters. The zero-order valence-corrected chi connectivity index (χ0v) is 14.0. The Labute approximate surface area is 144 Å². The molecule has 1 aromatic heterocycles. The first-order chi connectivity index (χ1) is 12.1. The molecule has 3 aromatic rings. The Morgan fingerprint density at radius 2 is 1.96 bits per heavy atom. The van der Waals surface area contributed by atoms with Gasteiger partial charge in [0.25, 0.3) is 0 Å². The maximum atomic E-state index is 12.3. The fourth-order valence-electron chi connectivity index (χ4n) is 3.16. The van der Waals surface area contributed by atoms with Gasteiger partial charge in [0.15, 0.2) is 0 Å². The van der Waals surface area contributed by atoms with E-state index in [1.54, 1.807) is 18.2 Å². The van der Waals surface area contributed by atoms with Gasteiger partial charge in [-0.1, -0.05) is 12.5 Å². The third-order valence-corrected chi connectivity index (χ3v) is 4.72. The molecular formula is C20H19NO4. The summed E-state index contributed by atoms with van der Waals surface area (Å²) in [6.45, 7) is 2.14. The molecule has 1 aliphatic rings. The molecule has 25 heavy (non-hydrogen) atoms. The molecule has 1 saturated carbocycles. The van der Waals surface area contributed by atoms with Crippen LogP contribution in [0.2, 0.25) is 0 Å². The van der Waals surface area contributed by atoms with Crippen LogP contribution in [0.5, 0.6) is 5.75 Å². The number of benzene rings is 2. The van der Waals surface area contributed by atoms with Gasteiger partial charge in [-0.05, 0) is 43.0 Å². The van der Waals surface area contributed by atoms with Gasteiger partial charge in [-0.15, -0.1) is 0 Å². The quantitative estimate of drug-likeness (QED) is 0.575. The maximum Gasteiger partial charge on any atom is 0.344 e. The minimum Gasteiger partial charge on any atom is -0.493 e. The van der Waals surface area contributed by atoms with Crippen molar-refractivity contribution in [1.29, 1.82) is 0 Å². The zero-order valence-electron chi connectivity index (χ0n) is 14.0. The summed E-state index contributed by atoms with van der Waals surface area (Å²) in [6, 6.07) is 10.8. The summed E-state index contributed by atoms with van der Waals surface area (Å²) in [5.41, 5.74) is 0.661. The number of carbonyl (C=O) groups excluding carboxylic acids is 1. The second-order valence-electron chi connectivity index (χ2n) is 6.60. The molecule has 0 radical (unpaired) electrons. The summed E-state index contributed by atoms with van der Waals surface area (Å²) in [6.07, 6.45) is 3.74. The summed E-state index contributed by atoms with van der Waals surface area (Å²) >= 11 is 0. The third kappa shape index (κ3) is 3.09. The van der Waals surface area contributed by atoms with Crippen molar-refractivity contribution in [3.63, 3.8) is 0 Å². The van der Waals surface area contributed by atoms with Crippen LogP contribution in [0.3, 0.4) is 0 Å². The molecule has 0 aliphatic heterocycles. The number of hydrogen-bond donors (Lipinski definition) is 1. The smallest absolute Gasteiger partial charge is 0.344 e. The highest BCUT2D eigenvalue weighted by molar-refractivity contribution is 6.06. The highest BCUT2D eigenvalue weighted by Gasteiger charge is 2.18. The normalized spacial score (nSPS) is 14.4. The Morgan fingerprint density at radius 1 is 1.16 bits per heavy atom. The molecule has 1 amide bonds. The molecule has 1 N–H and O–H groups in total. The van der Waals surface area contributed by atoms with Gasteiger partial charge >= 0.3 is 5.63 Å². The first-order valence-corrected chi connectivity index (χ1v) is 8.51. The van der Waals surface area contributed by atoms with Gasteiger partial charge in [-0.3, -0.25) is 4.79 Å². The monoisotopic (exact) mass is 337 g/mol. The van der Waals surface area contributed by atoms with E-state index in [9.17, 15) is 9.59 Å². The third-order valence-electron chi connectivity index (χ3n) is 4.72. The fraction of sp³-hybridized carbons (Fsp3) is 0.300. The Kier molecular flexibility index (Phi) is 3.92. The topological polar surface area (TPSA) is 68.5 Å². The summed E-state index contributed by atoms with van der Waals surface area (Å²) in [7, 11) is 0. The van der Waals surface area contributed by atoms with E-state index in [1.807, 2.05) is 18.2 Å². The average molecular weight is 337 g/mol. The molecule has 0 saturated heterocycles. The van der Waals surface area contributed by atoms with Crippen molar-refractivity contribution in [3.8, 4) is 5.75 Å². The Balaban J connectivity index is 1.72. The van der Waals surface area contributed by atoms with E-state index >= 15 is 0 Å². The van der Waals surface area contributed by atoms with Crippen LogP contribution < -0.4 is 15.7 Å². The average Bonchev–Trinajstić information content (AvgIpc) is 2.53. The lowest BCUT2D eigenvalue weighted by molar-refractivity contribution is -0.114. The molecule has 1 heterocycles. The van der Waals surface area contributed by atoms with Crippen LogP contribution >= 0.6 is 0 Å². The van der Waals surface area contributed by atoms with Crippen LogP contribution in [0.4, 0.5) is 5.69 Å². The highest BCUT2D eigenvalue weighted by atomic mass is 16.5. The van der Waals surface area contributed by atoms with E-state index in [1.165, 1.54) is 26.2 Å². The number of rotatable bonds is 4. The maximum absolute atomic E-state index is 12.3. The molecule has 1 aliphatic carbocycles. The van der Waals surface area contributed by atoms with Crippen molar-refractivity contribution < 1.29 is 13.9 Å². The van der Waals surface area contributed by atoms with Crippen LogP contribution in [0, 0.1) is 5.92 Å². The first kappa shape index (κ1) is 15.7. The Hall–Kier alpha value is -2.82. The summed E-state index contributed by atoms with van der Waals surface area (Å²) in [5.74, 6) is 1.18. The lowest BCUT2D eigenvalue weighted by Gasteiger charge is -2.25. The molecule has 5 heteroatoms. The lowest BCUT2D eigenvalue weighted by Crippen LogP contribution is -2.19. The predicted octanol–water partition coefficient (Wildman–Crippen LogP) is 4.08. The predicted molar refractivity (Wildman–Crippen MR) is 97.1 cm³/mol. The van der Waals surface area contributed by atoms with E-state index in [0.717, 1.165) is 16.5 Å². The number of carbonyl (C=O) groups is 1. The van der Waals surface area contributed by atoms with Crippen molar-refractivity contribution in [2.45, 2.75) is 26.2 Å². The standard InChI is InChI=1S/C20H19NO4/c1-12(22)21-14-5-7-16-17-8-6-15(24-11-13-3-2-4-13)10-19(17)25-20(23)18(16)9-14/h5-10,13H,2-4,11H2,1H3,(H,21,22). The van der Waals surface area contributed by atoms with Crippen molar-refractivity contribution in [2.75, 3.05) is 11.9 Å². The number of ether oxygens (including phenoxy) is 1. The summed E-state index contributed by atoms with van der Waals surface area (Å²) < 4.78 is 11.3. The Morgan fingerprint density at radius 3 is 2.68 bits per heavy atom. The van der Waals surface area contributed by atoms with Gasteiger partial charge in [0.05, 0.1) is 12.0 Å². The molecular weight excluding hydrogens is 318 g/mol. The summed E-state index contributed by atoms with van der Waals surface area (Å²) in [4.78, 5) is 23.5. The minimum absolute atomic E-state index is 0.183. The van der Waals surface area contributed by atoms with Gasteiger partial charge in [0, 0.05) is 29.4 Å². The van der Waals surface area contributed by atoms with Crippen molar-refractivity contribution in [1.82, 2.24) is 0 Å². The molecule has 1 fully saturated rings. The number of anilines is 1. The van der Waals surface area contributed by atoms with Crippen LogP contribution in [-0.4, -0.2) is 12.5 Å². The van der Waals surface area contributed by atoms with Gasteiger partial charge < -0.3 is 14.5 Å². The van der Waals surface area contributed by atoms with Crippen LogP contribution in [0.25, 0.3) is 21.7 Å². The van der Waals surface area contributed by atoms with Gasteiger partial charge in [-0.25, -0.2) is 4.79 Å². The van der Waals surface area contributed by atoms with E-state index in [4.69, 9.17) is 9.15 Å². The van der Waals surface area contributed by atoms with Crippen molar-refractivity contribution in [2.24, 2.45) is 5.92 Å². The highest BCUT2D eigenvalue weighted by Crippen LogP contribution is 2.30. The van der Waals surface area contributed by atoms with E-state index in [-0.39, 0.29) is 5.91 Å². The Bertz CT molecular complexity index is 1020. The number of hydrogen-bond acceptors (Lipinski definition) is 4. The van der Waals surface area contributed by atoms with Crippen molar-refractivity contribution >= 4 is 33.3 Å². The number of fused-ring (bicyclic) bond motifs is 3. The molecule has 0 atom stereocenters. The van der Waals surface area contributed by atoms with E-state index in [2.05, 4.69) is 5.32 Å². The SMILES string of the molecule is CC(=O)Nc1ccc2c(c1)c(=O)oc1cc(OCC3CCC3)ccc12. The zero-order chi connectivity index (χ0) is 17.4. The second kappa shape index (κ2) is 6.24. The largest absolute Gasteiger partial charge is 0.493 e. The van der Waals surface area contributed by atoms with Crippen LogP contribution in [-0.2, 0) is 4.79 Å². The second-order valence-corrected chi connectivity index (χ2v) is 6.60. The van der Waals surface area contributed by atoms with Crippen molar-refractivity contribution in [3.05, 3.63) is 46.8 Å². The van der Waals surface area contributed by atoms with Crippen LogP contribution in [0.1, 0.15) is 26.2 Å².